The highest BCUT2D eigenvalue weighted by atomic mass is 32.2. The summed E-state index contributed by atoms with van der Waals surface area (Å²) in [4.78, 5) is 26.1. The second kappa shape index (κ2) is 7.38. The highest BCUT2D eigenvalue weighted by Gasteiger charge is 2.10. The molecule has 100 valence electrons. The number of aromatic carboxylic acids is 1. The van der Waals surface area contributed by atoms with Gasteiger partial charge in [-0.2, -0.15) is 11.8 Å². The van der Waals surface area contributed by atoms with Crippen molar-refractivity contribution < 1.29 is 14.7 Å². The molecule has 0 spiro atoms. The van der Waals surface area contributed by atoms with Crippen LogP contribution in [-0.4, -0.2) is 40.0 Å². The maximum Gasteiger partial charge on any atom is 0.355 e. The number of carbonyl (C=O) groups is 2. The Morgan fingerprint density at radius 1 is 1.61 bits per heavy atom. The van der Waals surface area contributed by atoms with Crippen molar-refractivity contribution in [3.8, 4) is 0 Å². The lowest BCUT2D eigenvalue weighted by molar-refractivity contribution is -0.120. The largest absolute Gasteiger partial charge is 0.476 e. The highest BCUT2D eigenvalue weighted by molar-refractivity contribution is 7.99. The number of rotatable bonds is 7. The maximum absolute atomic E-state index is 11.5. The van der Waals surface area contributed by atoms with Crippen molar-refractivity contribution in [2.24, 2.45) is 0 Å². The van der Waals surface area contributed by atoms with Crippen molar-refractivity contribution in [1.29, 1.82) is 0 Å². The van der Waals surface area contributed by atoms with E-state index >= 15 is 0 Å². The lowest BCUT2D eigenvalue weighted by Gasteiger charge is -2.08. The van der Waals surface area contributed by atoms with E-state index in [9.17, 15) is 9.59 Å². The van der Waals surface area contributed by atoms with Crippen molar-refractivity contribution in [3.05, 3.63) is 16.1 Å². The molecule has 1 aromatic heterocycles. The molecule has 0 saturated carbocycles. The third-order valence-corrected chi connectivity index (χ3v) is 4.19. The Balaban J connectivity index is 2.28. The van der Waals surface area contributed by atoms with E-state index in [1.54, 1.807) is 11.8 Å². The average molecular weight is 288 g/mol. The van der Waals surface area contributed by atoms with Crippen LogP contribution in [0.3, 0.4) is 0 Å². The van der Waals surface area contributed by atoms with Gasteiger partial charge in [0, 0.05) is 30.0 Å². The minimum Gasteiger partial charge on any atom is -0.476 e. The molecular weight excluding hydrogens is 272 g/mol. The zero-order valence-electron chi connectivity index (χ0n) is 10.3. The number of nitrogens with one attached hydrogen (secondary N) is 1. The molecule has 2 N–H and O–H groups in total. The van der Waals surface area contributed by atoms with E-state index in [1.807, 2.05) is 13.2 Å². The van der Waals surface area contributed by atoms with Crippen LogP contribution < -0.4 is 5.32 Å². The summed E-state index contributed by atoms with van der Waals surface area (Å²) in [6, 6.07) is 0. The Bertz CT molecular complexity index is 420. The molecule has 1 atom stereocenters. The Labute approximate surface area is 114 Å². The van der Waals surface area contributed by atoms with Gasteiger partial charge in [0.15, 0.2) is 5.69 Å². The Morgan fingerprint density at radius 3 is 2.89 bits per heavy atom. The third-order valence-electron chi connectivity index (χ3n) is 2.31. The number of carboxylic acid groups (broad SMARTS) is 1. The molecule has 0 fully saturated rings. The Morgan fingerprint density at radius 2 is 2.33 bits per heavy atom. The number of hydrogen-bond donors (Lipinski definition) is 2. The van der Waals surface area contributed by atoms with Gasteiger partial charge in [-0.3, -0.25) is 4.79 Å². The van der Waals surface area contributed by atoms with Crippen molar-refractivity contribution in [2.45, 2.75) is 25.0 Å². The topological polar surface area (TPSA) is 79.3 Å². The molecule has 0 aromatic carbocycles. The zero-order chi connectivity index (χ0) is 13.5. The maximum atomic E-state index is 11.5. The van der Waals surface area contributed by atoms with Crippen molar-refractivity contribution >= 4 is 35.0 Å². The Hall–Kier alpha value is -1.08. The van der Waals surface area contributed by atoms with E-state index in [0.29, 0.717) is 24.6 Å². The van der Waals surface area contributed by atoms with Gasteiger partial charge in [0.05, 0.1) is 5.01 Å². The highest BCUT2D eigenvalue weighted by Crippen LogP contribution is 2.11. The molecule has 18 heavy (non-hydrogen) atoms. The first-order chi connectivity index (χ1) is 8.52. The molecule has 1 heterocycles. The SMILES string of the molecule is CSC(C)CC(=O)NCCc1nc(C(=O)O)cs1. The van der Waals surface area contributed by atoms with Crippen LogP contribution in [0, 0.1) is 0 Å². The molecule has 0 radical (unpaired) electrons. The first-order valence-electron chi connectivity index (χ1n) is 5.50. The van der Waals surface area contributed by atoms with Crippen LogP contribution in [-0.2, 0) is 11.2 Å². The molecule has 1 rings (SSSR count). The minimum absolute atomic E-state index is 0.0202. The molecule has 0 aliphatic rings. The van der Waals surface area contributed by atoms with Gasteiger partial charge in [-0.1, -0.05) is 6.92 Å². The fourth-order valence-corrected chi connectivity index (χ4v) is 2.34. The summed E-state index contributed by atoms with van der Waals surface area (Å²) in [5, 5.41) is 14.1. The van der Waals surface area contributed by atoms with E-state index in [1.165, 1.54) is 16.7 Å². The average Bonchev–Trinajstić information content (AvgIpc) is 2.77. The molecule has 0 aliphatic heterocycles. The van der Waals surface area contributed by atoms with Crippen molar-refractivity contribution in [1.82, 2.24) is 10.3 Å². The van der Waals surface area contributed by atoms with Crippen molar-refractivity contribution in [3.63, 3.8) is 0 Å². The summed E-state index contributed by atoms with van der Waals surface area (Å²) in [6.45, 7) is 2.50. The minimum atomic E-state index is -1.02. The van der Waals surface area contributed by atoms with E-state index in [4.69, 9.17) is 5.11 Å². The van der Waals surface area contributed by atoms with Gasteiger partial charge in [-0.05, 0) is 6.26 Å². The number of carbonyl (C=O) groups excluding carboxylic acids is 1. The molecule has 5 nitrogen and oxygen atoms in total. The number of hydrogen-bond acceptors (Lipinski definition) is 5. The summed E-state index contributed by atoms with van der Waals surface area (Å²) >= 11 is 2.95. The number of carboxylic acids is 1. The van der Waals surface area contributed by atoms with Gasteiger partial charge in [-0.25, -0.2) is 9.78 Å². The van der Waals surface area contributed by atoms with Crippen LogP contribution in [0.1, 0.15) is 28.8 Å². The monoisotopic (exact) mass is 288 g/mol. The molecule has 1 unspecified atom stereocenters. The van der Waals surface area contributed by atoms with E-state index in [2.05, 4.69) is 10.3 Å². The molecule has 0 saturated heterocycles. The molecule has 0 bridgehead atoms. The second-order valence-corrected chi connectivity index (χ2v) is 6.00. The number of thioether (sulfide) groups is 1. The summed E-state index contributed by atoms with van der Waals surface area (Å²) in [6.07, 6.45) is 3.04. The molecule has 0 aliphatic carbocycles. The second-order valence-electron chi connectivity index (χ2n) is 3.78. The van der Waals surface area contributed by atoms with Gasteiger partial charge in [-0.15, -0.1) is 11.3 Å². The molecule has 1 amide bonds. The quantitative estimate of drug-likeness (QED) is 0.797. The van der Waals surface area contributed by atoms with Gasteiger partial charge >= 0.3 is 5.97 Å². The summed E-state index contributed by atoms with van der Waals surface area (Å²) in [7, 11) is 0. The van der Waals surface area contributed by atoms with Gasteiger partial charge in [0.1, 0.15) is 0 Å². The van der Waals surface area contributed by atoms with Crippen LogP contribution in [0.15, 0.2) is 5.38 Å². The standard InChI is InChI=1S/C11H16N2O3S2/c1-7(17-2)5-9(14)12-4-3-10-13-8(6-18-10)11(15)16/h6-7H,3-5H2,1-2H3,(H,12,14)(H,15,16). The Kier molecular flexibility index (Phi) is 6.14. The van der Waals surface area contributed by atoms with Gasteiger partial charge < -0.3 is 10.4 Å². The predicted molar refractivity (Wildman–Crippen MR) is 73.4 cm³/mol. The molecule has 1 aromatic rings. The molecule has 7 heteroatoms. The smallest absolute Gasteiger partial charge is 0.355 e. The van der Waals surface area contributed by atoms with Crippen LogP contribution in [0.25, 0.3) is 0 Å². The fourth-order valence-electron chi connectivity index (χ4n) is 1.25. The zero-order valence-corrected chi connectivity index (χ0v) is 11.9. The van der Waals surface area contributed by atoms with Crippen LogP contribution in [0.4, 0.5) is 0 Å². The normalized spacial score (nSPS) is 12.1. The lowest BCUT2D eigenvalue weighted by Crippen LogP contribution is -2.27. The lowest BCUT2D eigenvalue weighted by atomic mass is 10.3. The number of amides is 1. The first-order valence-corrected chi connectivity index (χ1v) is 7.67. The first kappa shape index (κ1) is 15.0. The van der Waals surface area contributed by atoms with Gasteiger partial charge in [0.2, 0.25) is 5.91 Å². The number of thiazole rings is 1. The summed E-state index contributed by atoms with van der Waals surface area (Å²) in [5.74, 6) is -0.998. The van der Waals surface area contributed by atoms with Crippen molar-refractivity contribution in [2.75, 3.05) is 12.8 Å². The predicted octanol–water partition coefficient (Wildman–Crippen LogP) is 1.64. The van der Waals surface area contributed by atoms with E-state index < -0.39 is 5.97 Å². The van der Waals surface area contributed by atoms with E-state index in [-0.39, 0.29) is 11.6 Å². The van der Waals surface area contributed by atoms with Crippen LogP contribution in [0.2, 0.25) is 0 Å². The summed E-state index contributed by atoms with van der Waals surface area (Å²) < 4.78 is 0. The number of aromatic nitrogens is 1. The third kappa shape index (κ3) is 5.05. The van der Waals surface area contributed by atoms with Crippen LogP contribution >= 0.6 is 23.1 Å². The van der Waals surface area contributed by atoms with E-state index in [0.717, 1.165) is 5.01 Å². The molecular formula is C11H16N2O3S2. The number of nitrogens with zero attached hydrogens (tertiary/aromatic N) is 1. The van der Waals surface area contributed by atoms with Crippen LogP contribution in [0.5, 0.6) is 0 Å². The fraction of sp³-hybridized carbons (Fsp3) is 0.545. The van der Waals surface area contributed by atoms with Gasteiger partial charge in [0.25, 0.3) is 0 Å². The summed E-state index contributed by atoms with van der Waals surface area (Å²) in [5.41, 5.74) is 0.0670.